The van der Waals surface area contributed by atoms with Gasteiger partial charge in [0.1, 0.15) is 0 Å². The van der Waals surface area contributed by atoms with Gasteiger partial charge in [0, 0.05) is 11.1 Å². The number of nitrogens with zero attached hydrogens (tertiary/aromatic N) is 2. The van der Waals surface area contributed by atoms with E-state index < -0.39 is 0 Å². The summed E-state index contributed by atoms with van der Waals surface area (Å²) in [5.74, 6) is 0. The first kappa shape index (κ1) is 30.0. The molecule has 0 aliphatic rings. The summed E-state index contributed by atoms with van der Waals surface area (Å²) < 4.78 is 0. The predicted octanol–water partition coefficient (Wildman–Crippen LogP) is 9.85. The normalized spacial score (nSPS) is 11.9. The van der Waals surface area contributed by atoms with Gasteiger partial charge < -0.3 is 0 Å². The van der Waals surface area contributed by atoms with E-state index in [1.807, 2.05) is 12.4 Å². The average molecular weight is 489 g/mol. The summed E-state index contributed by atoms with van der Waals surface area (Å²) in [4.78, 5) is 0. The highest BCUT2D eigenvalue weighted by Crippen LogP contribution is 2.29. The van der Waals surface area contributed by atoms with Crippen molar-refractivity contribution in [1.82, 2.24) is 0 Å². The maximum absolute atomic E-state index is 4.54. The van der Waals surface area contributed by atoms with Crippen LogP contribution in [0.5, 0.6) is 0 Å². The fourth-order valence-electron chi connectivity index (χ4n) is 5.61. The highest BCUT2D eigenvalue weighted by atomic mass is 15.2. The quantitative estimate of drug-likeness (QED) is 0.152. The van der Waals surface area contributed by atoms with E-state index >= 15 is 0 Å². The van der Waals surface area contributed by atoms with Crippen LogP contribution in [0.1, 0.15) is 132 Å². The Kier molecular flexibility index (Phi) is 12.1. The van der Waals surface area contributed by atoms with Crippen LogP contribution in [0.25, 0.3) is 0 Å². The van der Waals surface area contributed by atoms with Crippen LogP contribution >= 0.6 is 0 Å². The van der Waals surface area contributed by atoms with Gasteiger partial charge in [0.15, 0.2) is 0 Å². The number of unbranched alkanes of at least 4 members (excludes halogenated alkanes) is 6. The van der Waals surface area contributed by atoms with Gasteiger partial charge in [-0.05, 0) is 137 Å². The molecular weight excluding hydrogens is 436 g/mol. The molecule has 0 bridgehead atoms. The third kappa shape index (κ3) is 7.17. The van der Waals surface area contributed by atoms with Gasteiger partial charge in [0.25, 0.3) is 0 Å². The van der Waals surface area contributed by atoms with Crippen molar-refractivity contribution < 1.29 is 0 Å². The third-order valence-corrected chi connectivity index (χ3v) is 8.68. The molecule has 198 valence electrons. The zero-order valence-electron chi connectivity index (χ0n) is 25.1. The SMILES string of the molecule is CCCCCCc1c(C)c(C)c(/C=N/N=C/c2c(C)c(C)c(CCCCCC)c(C)c2C)c(C)c1C. The second kappa shape index (κ2) is 14.5. The van der Waals surface area contributed by atoms with Crippen LogP contribution in [0.15, 0.2) is 10.2 Å². The standard InChI is InChI=1S/C34H52N2/c1-11-13-15-17-19-31-23(3)27(7)33(28(8)24(31)4)21-35-36-22-34-29(9)25(5)32(26(6)30(34)10)20-18-16-14-12-2/h21-22H,11-20H2,1-10H3/b35-21+,36-22+. The molecule has 36 heavy (non-hydrogen) atoms. The summed E-state index contributed by atoms with van der Waals surface area (Å²) in [6, 6.07) is 0. The molecule has 0 saturated heterocycles. The molecular formula is C34H52N2. The Bertz CT molecular complexity index is 940. The fraction of sp³-hybridized carbons (Fsp3) is 0.588. The smallest absolute Gasteiger partial charge is 0.0573 e. The first-order chi connectivity index (χ1) is 17.2. The number of rotatable bonds is 13. The largest absolute Gasteiger partial charge is 0.158 e. The van der Waals surface area contributed by atoms with Gasteiger partial charge >= 0.3 is 0 Å². The predicted molar refractivity (Wildman–Crippen MR) is 162 cm³/mol. The highest BCUT2D eigenvalue weighted by molar-refractivity contribution is 5.88. The fourth-order valence-corrected chi connectivity index (χ4v) is 5.61. The van der Waals surface area contributed by atoms with E-state index in [1.165, 1.54) is 131 Å². The molecule has 2 heteroatoms. The van der Waals surface area contributed by atoms with Gasteiger partial charge in [-0.15, -0.1) is 0 Å². The van der Waals surface area contributed by atoms with Crippen molar-refractivity contribution in [2.75, 3.05) is 0 Å². The van der Waals surface area contributed by atoms with E-state index in [9.17, 15) is 0 Å². The van der Waals surface area contributed by atoms with Crippen LogP contribution in [0.4, 0.5) is 0 Å². The molecule has 0 aromatic heterocycles. The summed E-state index contributed by atoms with van der Waals surface area (Å²) in [5, 5.41) is 9.07. The lowest BCUT2D eigenvalue weighted by atomic mass is 9.87. The summed E-state index contributed by atoms with van der Waals surface area (Å²) in [6.07, 6.45) is 16.7. The van der Waals surface area contributed by atoms with E-state index in [2.05, 4.69) is 79.4 Å². The Morgan fingerprint density at radius 3 is 1.00 bits per heavy atom. The Morgan fingerprint density at radius 1 is 0.417 bits per heavy atom. The van der Waals surface area contributed by atoms with E-state index in [1.54, 1.807) is 0 Å². The molecule has 0 unspecified atom stereocenters. The molecule has 0 radical (unpaired) electrons. The van der Waals surface area contributed by atoms with Crippen molar-refractivity contribution in [2.24, 2.45) is 10.2 Å². The second-order valence-corrected chi connectivity index (χ2v) is 10.9. The van der Waals surface area contributed by atoms with Gasteiger partial charge in [-0.2, -0.15) is 10.2 Å². The third-order valence-electron chi connectivity index (χ3n) is 8.68. The van der Waals surface area contributed by atoms with E-state index in [0.717, 1.165) is 0 Å². The van der Waals surface area contributed by atoms with E-state index in [0.29, 0.717) is 0 Å². The van der Waals surface area contributed by atoms with Crippen LogP contribution < -0.4 is 0 Å². The first-order valence-corrected chi connectivity index (χ1v) is 14.4. The summed E-state index contributed by atoms with van der Waals surface area (Å²) in [7, 11) is 0. The van der Waals surface area contributed by atoms with Crippen molar-refractivity contribution in [3.05, 3.63) is 66.8 Å². The van der Waals surface area contributed by atoms with Gasteiger partial charge in [-0.25, -0.2) is 0 Å². The van der Waals surface area contributed by atoms with Gasteiger partial charge in [-0.1, -0.05) is 52.4 Å². The Morgan fingerprint density at radius 2 is 0.722 bits per heavy atom. The molecule has 2 nitrogen and oxygen atoms in total. The Balaban J connectivity index is 2.26. The van der Waals surface area contributed by atoms with Crippen molar-refractivity contribution >= 4 is 12.4 Å². The van der Waals surface area contributed by atoms with Crippen LogP contribution in [0, 0.1) is 55.4 Å². The Labute approximate surface area is 222 Å². The van der Waals surface area contributed by atoms with Crippen LogP contribution in [0.3, 0.4) is 0 Å². The topological polar surface area (TPSA) is 24.7 Å². The molecule has 0 atom stereocenters. The maximum atomic E-state index is 4.54. The van der Waals surface area contributed by atoms with Gasteiger partial charge in [0.05, 0.1) is 12.4 Å². The zero-order valence-corrected chi connectivity index (χ0v) is 25.1. The summed E-state index contributed by atoms with van der Waals surface area (Å²) in [6.45, 7) is 22.6. The molecule has 0 heterocycles. The van der Waals surface area contributed by atoms with Crippen LogP contribution in [-0.4, -0.2) is 12.4 Å². The molecule has 0 saturated carbocycles. The van der Waals surface area contributed by atoms with E-state index in [-0.39, 0.29) is 0 Å². The van der Waals surface area contributed by atoms with Crippen LogP contribution in [-0.2, 0) is 12.8 Å². The highest BCUT2D eigenvalue weighted by Gasteiger charge is 2.15. The molecule has 0 spiro atoms. The number of hydrogen-bond acceptors (Lipinski definition) is 2. The minimum absolute atomic E-state index is 1.18. The molecule has 0 fully saturated rings. The molecule has 0 aliphatic carbocycles. The molecule has 0 amide bonds. The molecule has 0 N–H and O–H groups in total. The summed E-state index contributed by atoms with van der Waals surface area (Å²) >= 11 is 0. The average Bonchev–Trinajstić information content (AvgIpc) is 2.86. The van der Waals surface area contributed by atoms with Gasteiger partial charge in [-0.3, -0.25) is 0 Å². The van der Waals surface area contributed by atoms with Crippen molar-refractivity contribution in [3.8, 4) is 0 Å². The van der Waals surface area contributed by atoms with Crippen molar-refractivity contribution in [1.29, 1.82) is 0 Å². The molecule has 2 rings (SSSR count). The lowest BCUT2D eigenvalue weighted by Gasteiger charge is -2.19. The molecule has 0 aliphatic heterocycles. The maximum Gasteiger partial charge on any atom is 0.0573 e. The monoisotopic (exact) mass is 488 g/mol. The molecule has 2 aromatic rings. The van der Waals surface area contributed by atoms with Crippen molar-refractivity contribution in [2.45, 2.75) is 133 Å². The Hall–Kier alpha value is -2.22. The first-order valence-electron chi connectivity index (χ1n) is 14.4. The number of hydrogen-bond donors (Lipinski definition) is 0. The zero-order chi connectivity index (χ0) is 26.8. The minimum Gasteiger partial charge on any atom is -0.158 e. The van der Waals surface area contributed by atoms with Crippen LogP contribution in [0.2, 0.25) is 0 Å². The second-order valence-electron chi connectivity index (χ2n) is 10.9. The molecule has 2 aromatic carbocycles. The van der Waals surface area contributed by atoms with Gasteiger partial charge in [0.2, 0.25) is 0 Å². The van der Waals surface area contributed by atoms with E-state index in [4.69, 9.17) is 0 Å². The summed E-state index contributed by atoms with van der Waals surface area (Å²) in [5.41, 5.74) is 16.6. The minimum atomic E-state index is 1.18. The lowest BCUT2D eigenvalue weighted by Crippen LogP contribution is -2.06. The lowest BCUT2D eigenvalue weighted by molar-refractivity contribution is 0.664. The van der Waals surface area contributed by atoms with Crippen molar-refractivity contribution in [3.63, 3.8) is 0 Å². The number of benzene rings is 2.